The third-order valence-corrected chi connectivity index (χ3v) is 5.59. The molecule has 0 saturated heterocycles. The summed E-state index contributed by atoms with van der Waals surface area (Å²) in [4.78, 5) is 22.8. The molecule has 0 unspecified atom stereocenters. The maximum absolute atomic E-state index is 13.5. The van der Waals surface area contributed by atoms with Crippen LogP contribution in [0.25, 0.3) is 27.6 Å². The lowest BCUT2D eigenvalue weighted by molar-refractivity contribution is 0.102. The highest BCUT2D eigenvalue weighted by molar-refractivity contribution is 6.15. The van der Waals surface area contributed by atoms with Gasteiger partial charge in [0.15, 0.2) is 5.65 Å². The van der Waals surface area contributed by atoms with E-state index in [1.165, 1.54) is 0 Å². The predicted octanol–water partition coefficient (Wildman–Crippen LogP) is 5.15. The Bertz CT molecular complexity index is 1520. The molecule has 0 atom stereocenters. The normalized spacial score (nSPS) is 11.2. The van der Waals surface area contributed by atoms with Crippen LogP contribution in [0.2, 0.25) is 0 Å². The lowest BCUT2D eigenvalue weighted by Crippen LogP contribution is -2.14. The number of rotatable bonds is 4. The van der Waals surface area contributed by atoms with Crippen LogP contribution < -0.4 is 10.1 Å². The molecule has 1 amide bonds. The van der Waals surface area contributed by atoms with Gasteiger partial charge in [-0.2, -0.15) is 5.10 Å². The molecule has 164 valence electrons. The van der Waals surface area contributed by atoms with Gasteiger partial charge in [0.2, 0.25) is 0 Å². The standard InChI is InChI=1S/C26H23N5O2/c1-15-13-21(26(32)29-23-14-16(2)27-22-8-6-5-7-20(22)23)24-17(3)30-31(25(24)28-15)18-9-11-19(33-4)12-10-18/h5-14H,1-4H3,(H,27,29,32). The van der Waals surface area contributed by atoms with Crippen LogP contribution in [0, 0.1) is 20.8 Å². The van der Waals surface area contributed by atoms with Gasteiger partial charge in [0.25, 0.3) is 5.91 Å². The zero-order valence-corrected chi connectivity index (χ0v) is 18.9. The molecule has 2 aromatic carbocycles. The molecule has 0 aliphatic rings. The quantitative estimate of drug-likeness (QED) is 0.420. The molecule has 0 aliphatic carbocycles. The number of nitrogens with zero attached hydrogens (tertiary/aromatic N) is 4. The van der Waals surface area contributed by atoms with Crippen LogP contribution in [0.15, 0.2) is 60.7 Å². The minimum atomic E-state index is -0.210. The van der Waals surface area contributed by atoms with Crippen LogP contribution >= 0.6 is 0 Å². The number of carbonyl (C=O) groups excluding carboxylic acids is 1. The summed E-state index contributed by atoms with van der Waals surface area (Å²) in [5.41, 5.74) is 5.88. The van der Waals surface area contributed by atoms with E-state index in [4.69, 9.17) is 14.8 Å². The molecule has 7 nitrogen and oxygen atoms in total. The van der Waals surface area contributed by atoms with Crippen LogP contribution in [0.1, 0.15) is 27.4 Å². The second-order valence-corrected chi connectivity index (χ2v) is 7.99. The van der Waals surface area contributed by atoms with E-state index in [0.717, 1.165) is 50.5 Å². The van der Waals surface area contributed by atoms with Gasteiger partial charge in [-0.05, 0) is 63.2 Å². The summed E-state index contributed by atoms with van der Waals surface area (Å²) in [5.74, 6) is 0.551. The minimum Gasteiger partial charge on any atom is -0.497 e. The van der Waals surface area contributed by atoms with Crippen molar-refractivity contribution >= 4 is 33.5 Å². The van der Waals surface area contributed by atoms with Crippen molar-refractivity contribution in [3.63, 3.8) is 0 Å². The van der Waals surface area contributed by atoms with Crippen molar-refractivity contribution in [2.45, 2.75) is 20.8 Å². The highest BCUT2D eigenvalue weighted by Crippen LogP contribution is 2.28. The summed E-state index contributed by atoms with van der Waals surface area (Å²) in [6.07, 6.45) is 0. The van der Waals surface area contributed by atoms with Gasteiger partial charge in [-0.3, -0.25) is 9.78 Å². The average molecular weight is 438 g/mol. The number of anilines is 1. The largest absolute Gasteiger partial charge is 0.497 e. The van der Waals surface area contributed by atoms with Crippen molar-refractivity contribution < 1.29 is 9.53 Å². The number of benzene rings is 2. The van der Waals surface area contributed by atoms with E-state index in [2.05, 4.69) is 10.3 Å². The lowest BCUT2D eigenvalue weighted by atomic mass is 10.1. The Morgan fingerprint density at radius 2 is 1.67 bits per heavy atom. The summed E-state index contributed by atoms with van der Waals surface area (Å²) < 4.78 is 7.02. The van der Waals surface area contributed by atoms with Gasteiger partial charge in [0.05, 0.1) is 40.6 Å². The van der Waals surface area contributed by atoms with Crippen molar-refractivity contribution in [3.05, 3.63) is 83.3 Å². The molecule has 0 fully saturated rings. The fourth-order valence-electron chi connectivity index (χ4n) is 4.10. The maximum atomic E-state index is 13.5. The van der Waals surface area contributed by atoms with Gasteiger partial charge >= 0.3 is 0 Å². The molecule has 0 aliphatic heterocycles. The second-order valence-electron chi connectivity index (χ2n) is 7.99. The van der Waals surface area contributed by atoms with Crippen LogP contribution in [-0.4, -0.2) is 32.8 Å². The number of amides is 1. The first kappa shape index (κ1) is 20.6. The van der Waals surface area contributed by atoms with Crippen molar-refractivity contribution in [1.29, 1.82) is 0 Å². The average Bonchev–Trinajstić information content (AvgIpc) is 3.14. The minimum absolute atomic E-state index is 0.210. The van der Waals surface area contributed by atoms with Gasteiger partial charge < -0.3 is 10.1 Å². The van der Waals surface area contributed by atoms with Crippen LogP contribution in [0.3, 0.4) is 0 Å². The number of aryl methyl sites for hydroxylation is 3. The number of ether oxygens (including phenoxy) is 1. The van der Waals surface area contributed by atoms with Gasteiger partial charge in [0.1, 0.15) is 5.75 Å². The number of fused-ring (bicyclic) bond motifs is 2. The Balaban J connectivity index is 1.62. The van der Waals surface area contributed by atoms with E-state index in [1.54, 1.807) is 17.9 Å². The molecule has 33 heavy (non-hydrogen) atoms. The Labute approximate surface area is 191 Å². The first-order valence-electron chi connectivity index (χ1n) is 10.6. The third-order valence-electron chi connectivity index (χ3n) is 5.59. The van der Waals surface area contributed by atoms with E-state index in [0.29, 0.717) is 11.2 Å². The number of aromatic nitrogens is 4. The van der Waals surface area contributed by atoms with Crippen molar-refractivity contribution in [2.24, 2.45) is 0 Å². The monoisotopic (exact) mass is 437 g/mol. The summed E-state index contributed by atoms with van der Waals surface area (Å²) >= 11 is 0. The van der Waals surface area contributed by atoms with Gasteiger partial charge in [0, 0.05) is 16.8 Å². The van der Waals surface area contributed by atoms with Crippen LogP contribution in [-0.2, 0) is 0 Å². The molecular weight excluding hydrogens is 414 g/mol. The van der Waals surface area contributed by atoms with Gasteiger partial charge in [-0.1, -0.05) is 18.2 Å². The summed E-state index contributed by atoms with van der Waals surface area (Å²) in [7, 11) is 1.63. The number of pyridine rings is 2. The fourth-order valence-corrected chi connectivity index (χ4v) is 4.10. The molecule has 0 spiro atoms. The van der Waals surface area contributed by atoms with Crippen molar-refractivity contribution in [3.8, 4) is 11.4 Å². The SMILES string of the molecule is COc1ccc(-n2nc(C)c3c(C(=O)Nc4cc(C)nc5ccccc45)cc(C)nc32)cc1. The maximum Gasteiger partial charge on any atom is 0.256 e. The van der Waals surface area contributed by atoms with Gasteiger partial charge in [-0.25, -0.2) is 9.67 Å². The Morgan fingerprint density at radius 1 is 0.939 bits per heavy atom. The molecule has 0 radical (unpaired) electrons. The summed E-state index contributed by atoms with van der Waals surface area (Å²) in [6.45, 7) is 5.69. The van der Waals surface area contributed by atoms with E-state index >= 15 is 0 Å². The number of methoxy groups -OCH3 is 1. The predicted molar refractivity (Wildman–Crippen MR) is 129 cm³/mol. The molecule has 0 bridgehead atoms. The number of hydrogen-bond acceptors (Lipinski definition) is 5. The molecular formula is C26H23N5O2. The van der Waals surface area contributed by atoms with Gasteiger partial charge in [-0.15, -0.1) is 0 Å². The molecule has 1 N–H and O–H groups in total. The first-order chi connectivity index (χ1) is 15.9. The fraction of sp³-hybridized carbons (Fsp3) is 0.154. The molecule has 5 aromatic rings. The number of hydrogen-bond donors (Lipinski definition) is 1. The second kappa shape index (κ2) is 8.02. The zero-order chi connectivity index (χ0) is 23.1. The van der Waals surface area contributed by atoms with Crippen LogP contribution in [0.4, 0.5) is 5.69 Å². The lowest BCUT2D eigenvalue weighted by Gasteiger charge is -2.11. The molecule has 0 saturated carbocycles. The first-order valence-corrected chi connectivity index (χ1v) is 10.6. The molecule has 7 heteroatoms. The molecule has 3 heterocycles. The summed E-state index contributed by atoms with van der Waals surface area (Å²) in [5, 5.41) is 9.41. The highest BCUT2D eigenvalue weighted by Gasteiger charge is 2.20. The van der Waals surface area contributed by atoms with E-state index in [-0.39, 0.29) is 5.91 Å². The third kappa shape index (κ3) is 3.67. The topological polar surface area (TPSA) is 81.9 Å². The highest BCUT2D eigenvalue weighted by atomic mass is 16.5. The Kier molecular flexibility index (Phi) is 5.01. The molecule has 3 aromatic heterocycles. The van der Waals surface area contributed by atoms with E-state index in [1.807, 2.05) is 75.4 Å². The zero-order valence-electron chi connectivity index (χ0n) is 18.9. The summed E-state index contributed by atoms with van der Waals surface area (Å²) in [6, 6.07) is 19.0. The van der Waals surface area contributed by atoms with E-state index in [9.17, 15) is 4.79 Å². The number of nitrogens with one attached hydrogen (secondary N) is 1. The Morgan fingerprint density at radius 3 is 2.42 bits per heavy atom. The van der Waals surface area contributed by atoms with Crippen LogP contribution in [0.5, 0.6) is 5.75 Å². The molecule has 5 rings (SSSR count). The Hall–Kier alpha value is -4.26. The van der Waals surface area contributed by atoms with Crippen molar-refractivity contribution in [2.75, 3.05) is 12.4 Å². The number of carbonyl (C=O) groups is 1. The number of para-hydroxylation sites is 1. The van der Waals surface area contributed by atoms with Crippen molar-refractivity contribution in [1.82, 2.24) is 19.7 Å². The smallest absolute Gasteiger partial charge is 0.256 e. The van der Waals surface area contributed by atoms with E-state index < -0.39 is 0 Å².